The number of furan rings is 1. The van der Waals surface area contributed by atoms with Crippen LogP contribution >= 0.6 is 0 Å². The van der Waals surface area contributed by atoms with Crippen LogP contribution in [0.4, 0.5) is 0 Å². The first kappa shape index (κ1) is 21.0. The molecule has 4 aliphatic rings. The average Bonchev–Trinajstić information content (AvgIpc) is 3.51. The summed E-state index contributed by atoms with van der Waals surface area (Å²) >= 11 is 0. The lowest BCUT2D eigenvalue weighted by molar-refractivity contribution is -0.117. The number of hydrogen-bond acceptors (Lipinski definition) is 4. The molecule has 4 saturated carbocycles. The van der Waals surface area contributed by atoms with Gasteiger partial charge in [0, 0.05) is 17.2 Å². The van der Waals surface area contributed by atoms with Gasteiger partial charge in [-0.05, 0) is 86.6 Å². The second-order valence-corrected chi connectivity index (χ2v) is 10.3. The molecular weight excluding hydrogens is 424 g/mol. The zero-order valence-electron chi connectivity index (χ0n) is 19.1. The van der Waals surface area contributed by atoms with Crippen molar-refractivity contribution in [2.45, 2.75) is 50.5 Å². The fourth-order valence-corrected chi connectivity index (χ4v) is 7.00. The van der Waals surface area contributed by atoms with Gasteiger partial charge in [-0.15, -0.1) is 0 Å². The predicted molar refractivity (Wildman–Crippen MR) is 128 cm³/mol. The predicted octanol–water partition coefficient (Wildman–Crippen LogP) is 5.16. The van der Waals surface area contributed by atoms with E-state index in [2.05, 4.69) is 11.4 Å². The Labute approximate surface area is 199 Å². The Morgan fingerprint density at radius 2 is 1.82 bits per heavy atom. The number of nitrogens with one attached hydrogen (secondary N) is 1. The van der Waals surface area contributed by atoms with Crippen LogP contribution in [0.25, 0.3) is 11.8 Å². The Balaban J connectivity index is 1.38. The van der Waals surface area contributed by atoms with Gasteiger partial charge in [0.1, 0.15) is 17.4 Å². The maximum Gasteiger partial charge on any atom is 0.262 e. The maximum atomic E-state index is 12.8. The summed E-state index contributed by atoms with van der Waals surface area (Å²) in [6.07, 6.45) is 12.8. The number of para-hydroxylation sites is 1. The van der Waals surface area contributed by atoms with Crippen LogP contribution in [0.3, 0.4) is 0 Å². The van der Waals surface area contributed by atoms with Crippen LogP contribution in [0.1, 0.15) is 55.5 Å². The first-order valence-corrected chi connectivity index (χ1v) is 12.2. The third-order valence-electron chi connectivity index (χ3n) is 7.97. The van der Waals surface area contributed by atoms with Crippen molar-refractivity contribution >= 4 is 12.0 Å². The van der Waals surface area contributed by atoms with E-state index in [0.29, 0.717) is 5.76 Å². The van der Waals surface area contributed by atoms with Gasteiger partial charge in [-0.25, -0.2) is 4.68 Å². The quantitative estimate of drug-likeness (QED) is 0.414. The normalized spacial score (nSPS) is 27.5. The van der Waals surface area contributed by atoms with Crippen LogP contribution in [0, 0.1) is 29.1 Å². The van der Waals surface area contributed by atoms with Gasteiger partial charge in [0.15, 0.2) is 0 Å². The number of carbonyl (C=O) groups is 1. The number of nitrogens with zero attached hydrogens (tertiary/aromatic N) is 3. The minimum atomic E-state index is -0.400. The van der Waals surface area contributed by atoms with Crippen molar-refractivity contribution in [3.63, 3.8) is 0 Å². The minimum Gasteiger partial charge on any atom is -0.467 e. The van der Waals surface area contributed by atoms with Gasteiger partial charge in [0.25, 0.3) is 5.91 Å². The van der Waals surface area contributed by atoms with E-state index in [-0.39, 0.29) is 17.5 Å². The highest BCUT2D eigenvalue weighted by molar-refractivity contribution is 6.01. The molecule has 0 aliphatic heterocycles. The molecule has 6 nitrogen and oxygen atoms in total. The third-order valence-corrected chi connectivity index (χ3v) is 7.97. The molecule has 0 spiro atoms. The van der Waals surface area contributed by atoms with E-state index >= 15 is 0 Å². The highest BCUT2D eigenvalue weighted by Crippen LogP contribution is 2.61. The molecule has 3 aromatic rings. The van der Waals surface area contributed by atoms with Crippen LogP contribution in [0.15, 0.2) is 64.9 Å². The summed E-state index contributed by atoms with van der Waals surface area (Å²) in [6.45, 7) is 0.246. The van der Waals surface area contributed by atoms with Crippen LogP contribution in [0.5, 0.6) is 0 Å². The highest BCUT2D eigenvalue weighted by atomic mass is 16.3. The van der Waals surface area contributed by atoms with Crippen molar-refractivity contribution in [3.8, 4) is 11.8 Å². The smallest absolute Gasteiger partial charge is 0.262 e. The molecule has 7 rings (SSSR count). The summed E-state index contributed by atoms with van der Waals surface area (Å²) < 4.78 is 7.21. The fraction of sp³-hybridized carbons (Fsp3) is 0.393. The first-order chi connectivity index (χ1) is 16.6. The summed E-state index contributed by atoms with van der Waals surface area (Å²) in [5, 5.41) is 17.8. The van der Waals surface area contributed by atoms with Gasteiger partial charge in [-0.1, -0.05) is 18.2 Å². The van der Waals surface area contributed by atoms with Crippen molar-refractivity contribution in [3.05, 3.63) is 77.5 Å². The molecule has 1 amide bonds. The molecule has 6 heteroatoms. The monoisotopic (exact) mass is 452 g/mol. The number of aromatic nitrogens is 2. The highest BCUT2D eigenvalue weighted by Gasteiger charge is 2.53. The van der Waals surface area contributed by atoms with E-state index in [1.54, 1.807) is 24.5 Å². The second kappa shape index (κ2) is 8.32. The Morgan fingerprint density at radius 1 is 1.12 bits per heavy atom. The topological polar surface area (TPSA) is 83.8 Å². The lowest BCUT2D eigenvalue weighted by Gasteiger charge is -2.56. The van der Waals surface area contributed by atoms with Crippen molar-refractivity contribution in [2.24, 2.45) is 17.8 Å². The van der Waals surface area contributed by atoms with E-state index in [0.717, 1.165) is 34.7 Å². The molecule has 0 radical (unpaired) electrons. The SMILES string of the molecule is N#CC(=Cc1cn(-c2ccccc2)nc1C12CC3CC(CC(C3)C1)C2)C(=O)NCc1ccco1. The molecule has 2 aromatic heterocycles. The number of rotatable bonds is 6. The van der Waals surface area contributed by atoms with Crippen LogP contribution < -0.4 is 5.32 Å². The summed E-state index contributed by atoms with van der Waals surface area (Å²) in [7, 11) is 0. The Bertz CT molecular complexity index is 1230. The van der Waals surface area contributed by atoms with E-state index in [9.17, 15) is 10.1 Å². The Hall–Kier alpha value is -3.59. The largest absolute Gasteiger partial charge is 0.467 e. The van der Waals surface area contributed by atoms with Crippen LogP contribution in [-0.4, -0.2) is 15.7 Å². The molecule has 0 unspecified atom stereocenters. The zero-order valence-corrected chi connectivity index (χ0v) is 19.1. The Morgan fingerprint density at radius 3 is 2.44 bits per heavy atom. The van der Waals surface area contributed by atoms with Gasteiger partial charge in [-0.2, -0.15) is 10.4 Å². The van der Waals surface area contributed by atoms with E-state index in [1.165, 1.54) is 38.5 Å². The van der Waals surface area contributed by atoms with Crippen molar-refractivity contribution in [1.82, 2.24) is 15.1 Å². The lowest BCUT2D eigenvalue weighted by atomic mass is 9.48. The van der Waals surface area contributed by atoms with Gasteiger partial charge < -0.3 is 9.73 Å². The first-order valence-electron chi connectivity index (χ1n) is 12.2. The number of benzene rings is 1. The lowest BCUT2D eigenvalue weighted by Crippen LogP contribution is -2.49. The third kappa shape index (κ3) is 3.75. The standard InChI is InChI=1S/C28H28N4O2/c29-16-22(27(33)30-17-25-7-4-8-34-25)12-23-18-32(24-5-2-1-3-6-24)31-26(23)28-13-19-9-20(14-28)11-21(10-19)15-28/h1-8,12,18-21H,9-11,13-15,17H2,(H,30,33). The average molecular weight is 453 g/mol. The molecule has 0 saturated heterocycles. The molecule has 1 N–H and O–H groups in total. The van der Waals surface area contributed by atoms with E-state index in [1.807, 2.05) is 41.2 Å². The molecule has 0 atom stereocenters. The summed E-state index contributed by atoms with van der Waals surface area (Å²) in [4.78, 5) is 12.8. The molecule has 4 bridgehead atoms. The second-order valence-electron chi connectivity index (χ2n) is 10.3. The molecule has 1 aromatic carbocycles. The molecule has 4 aliphatic carbocycles. The van der Waals surface area contributed by atoms with Gasteiger partial charge in [-0.3, -0.25) is 4.79 Å². The minimum absolute atomic E-state index is 0.0474. The fourth-order valence-electron chi connectivity index (χ4n) is 7.00. The van der Waals surface area contributed by atoms with Crippen LogP contribution in [0.2, 0.25) is 0 Å². The number of nitriles is 1. The van der Waals surface area contributed by atoms with Crippen molar-refractivity contribution < 1.29 is 9.21 Å². The molecule has 34 heavy (non-hydrogen) atoms. The molecule has 4 fully saturated rings. The van der Waals surface area contributed by atoms with Gasteiger partial charge >= 0.3 is 0 Å². The maximum absolute atomic E-state index is 12.8. The van der Waals surface area contributed by atoms with Crippen molar-refractivity contribution in [2.75, 3.05) is 0 Å². The molecule has 172 valence electrons. The summed E-state index contributed by atoms with van der Waals surface area (Å²) in [5.41, 5.74) is 3.06. The number of hydrogen-bond donors (Lipinski definition) is 1. The van der Waals surface area contributed by atoms with Crippen LogP contribution in [-0.2, 0) is 16.8 Å². The Kier molecular flexibility index (Phi) is 5.13. The van der Waals surface area contributed by atoms with Gasteiger partial charge in [0.2, 0.25) is 0 Å². The summed E-state index contributed by atoms with van der Waals surface area (Å²) in [5.74, 6) is 2.57. The summed E-state index contributed by atoms with van der Waals surface area (Å²) in [6, 6.07) is 15.7. The van der Waals surface area contributed by atoms with Gasteiger partial charge in [0.05, 0.1) is 24.2 Å². The molecular formula is C28H28N4O2. The zero-order chi connectivity index (χ0) is 23.1. The van der Waals surface area contributed by atoms with E-state index in [4.69, 9.17) is 9.52 Å². The van der Waals surface area contributed by atoms with E-state index < -0.39 is 5.91 Å². The number of carbonyl (C=O) groups excluding carboxylic acids is 1. The van der Waals surface area contributed by atoms with Crippen molar-refractivity contribution in [1.29, 1.82) is 5.26 Å². The molecule has 2 heterocycles. The number of amides is 1.